The molecule has 0 bridgehead atoms. The first-order valence-electron chi connectivity index (χ1n) is 14.9. The molecular weight excluding hydrogens is 491 g/mol. The van der Waals surface area contributed by atoms with E-state index >= 15 is 4.39 Å². The molecule has 0 aliphatic carbocycles. The Bertz CT molecular complexity index is 1890. The molecule has 0 N–H and O–H groups in total. The van der Waals surface area contributed by atoms with E-state index in [0.717, 1.165) is 11.8 Å². The number of methoxy groups -OCH3 is 1. The summed E-state index contributed by atoms with van der Waals surface area (Å²) in [5.41, 5.74) is 0.450. The van der Waals surface area contributed by atoms with Crippen LogP contribution < -0.4 is 0 Å². The van der Waals surface area contributed by atoms with Gasteiger partial charge in [-0.1, -0.05) is 5.21 Å². The van der Waals surface area contributed by atoms with E-state index in [1.807, 2.05) is 0 Å². The number of esters is 1. The molecule has 0 spiro atoms. The molecule has 38 heavy (non-hydrogen) atoms. The van der Waals surface area contributed by atoms with Crippen molar-refractivity contribution >= 4 is 28.0 Å². The van der Waals surface area contributed by atoms with E-state index in [1.54, 1.807) is 10.6 Å². The van der Waals surface area contributed by atoms with E-state index in [0.29, 0.717) is 31.6 Å². The van der Waals surface area contributed by atoms with Gasteiger partial charge in [-0.15, -0.1) is 5.10 Å². The quantitative estimate of drug-likeness (QED) is 0.322. The molecule has 1 saturated heterocycles. The van der Waals surface area contributed by atoms with Crippen molar-refractivity contribution in [2.75, 3.05) is 20.3 Å². The Morgan fingerprint density at radius 1 is 1.26 bits per heavy atom. The molecular formula is C26H27FN8O3. The average Bonchev–Trinajstić information content (AvgIpc) is 3.66. The molecule has 0 amide bonds. The summed E-state index contributed by atoms with van der Waals surface area (Å²) >= 11 is 0. The first-order valence-corrected chi connectivity index (χ1v) is 11.9. The Balaban J connectivity index is 1.78. The smallest absolute Gasteiger partial charge is 0.360 e. The van der Waals surface area contributed by atoms with Gasteiger partial charge in [0.05, 0.1) is 35.8 Å². The molecule has 5 aromatic rings. The molecule has 1 aliphatic heterocycles. The van der Waals surface area contributed by atoms with Crippen molar-refractivity contribution < 1.29 is 26.9 Å². The number of aromatic nitrogens is 8. The number of nitrogens with zero attached hydrogens (tertiary/aromatic N) is 8. The molecule has 1 aliphatic rings. The number of hydrogen-bond acceptors (Lipinski definition) is 8. The second-order valence-corrected chi connectivity index (χ2v) is 9.09. The minimum Gasteiger partial charge on any atom is -0.464 e. The topological polar surface area (TPSA) is 115 Å². The predicted octanol–water partition coefficient (Wildman–Crippen LogP) is 3.36. The van der Waals surface area contributed by atoms with Crippen LogP contribution in [0.4, 0.5) is 4.39 Å². The molecule has 11 nitrogen and oxygen atoms in total. The zero-order valence-corrected chi connectivity index (χ0v) is 20.6. The van der Waals surface area contributed by atoms with Crippen LogP contribution in [0.2, 0.25) is 0 Å². The molecule has 196 valence electrons. The third kappa shape index (κ3) is 3.66. The highest BCUT2D eigenvalue weighted by molar-refractivity contribution is 6.11. The fourth-order valence-electron chi connectivity index (χ4n) is 5.33. The van der Waals surface area contributed by atoms with E-state index in [1.165, 1.54) is 36.3 Å². The minimum absolute atomic E-state index is 0.000440. The number of fused-ring (bicyclic) bond motifs is 3. The summed E-state index contributed by atoms with van der Waals surface area (Å²) < 4.78 is 78.5. The third-order valence-electron chi connectivity index (χ3n) is 6.99. The number of carbonyl (C=O) groups is 1. The average molecular weight is 525 g/mol. The second-order valence-electron chi connectivity index (χ2n) is 9.09. The van der Waals surface area contributed by atoms with Gasteiger partial charge in [-0.2, -0.15) is 5.10 Å². The van der Waals surface area contributed by atoms with Crippen LogP contribution in [0.1, 0.15) is 49.0 Å². The summed E-state index contributed by atoms with van der Waals surface area (Å²) in [6, 6.07) is 3.47. The van der Waals surface area contributed by atoms with Crippen LogP contribution in [-0.4, -0.2) is 65.6 Å². The highest BCUT2D eigenvalue weighted by Crippen LogP contribution is 2.42. The highest BCUT2D eigenvalue weighted by atomic mass is 19.1. The normalized spacial score (nSPS) is 18.4. The molecule has 0 aromatic carbocycles. The summed E-state index contributed by atoms with van der Waals surface area (Å²) in [4.78, 5) is 22.1. The summed E-state index contributed by atoms with van der Waals surface area (Å²) in [6.45, 7) is -4.66. The van der Waals surface area contributed by atoms with E-state index in [2.05, 4.69) is 25.4 Å². The molecule has 1 atom stereocenters. The van der Waals surface area contributed by atoms with Gasteiger partial charge in [-0.25, -0.2) is 13.9 Å². The Morgan fingerprint density at radius 3 is 2.84 bits per heavy atom. The van der Waals surface area contributed by atoms with Crippen LogP contribution in [-0.2, 0) is 23.5 Å². The van der Waals surface area contributed by atoms with Gasteiger partial charge in [0, 0.05) is 53.4 Å². The maximum atomic E-state index is 15.6. The molecule has 12 heteroatoms. The SMILES string of the molecule is [2H]C([2H])([2H])c1nnn(C)c1-c1cnc2c3c(c(C(=O)OC)nn3C([2H])([2H])[2H])n([C@H](c3ncccc3F)C3CCOCC3)c2c1. The number of rotatable bonds is 5. The standard InChI is InChI=1S/C26H27FN8O3/c1-14-22(34(3)32-30-14)16-12-18-20(29-13-16)24-25(21(26(36)37-4)31-33(24)2)35(18)23(15-7-10-38-11-8-15)19-17(27)6-5-9-28-19/h5-6,9,12-13,15,23H,7-8,10-11H2,1-4H3/t23-/m0/s1/i1D3,2D3. The fourth-order valence-corrected chi connectivity index (χ4v) is 5.33. The van der Waals surface area contributed by atoms with Gasteiger partial charge in [0.1, 0.15) is 22.4 Å². The molecule has 0 radical (unpaired) electrons. The van der Waals surface area contributed by atoms with E-state index in [-0.39, 0.29) is 50.8 Å². The summed E-state index contributed by atoms with van der Waals surface area (Å²) in [7, 11) is 2.68. The van der Waals surface area contributed by atoms with Gasteiger partial charge in [0.2, 0.25) is 0 Å². The molecule has 0 saturated carbocycles. The lowest BCUT2D eigenvalue weighted by Crippen LogP contribution is -2.28. The number of halogens is 1. The van der Waals surface area contributed by atoms with Crippen LogP contribution in [0, 0.1) is 18.6 Å². The predicted molar refractivity (Wildman–Crippen MR) is 136 cm³/mol. The van der Waals surface area contributed by atoms with Crippen molar-refractivity contribution in [2.24, 2.45) is 19.9 Å². The maximum absolute atomic E-state index is 15.6. The van der Waals surface area contributed by atoms with Crippen molar-refractivity contribution in [3.05, 3.63) is 53.5 Å². The third-order valence-corrected chi connectivity index (χ3v) is 6.99. The molecule has 6 rings (SSSR count). The van der Waals surface area contributed by atoms with Crippen LogP contribution in [0.15, 0.2) is 30.6 Å². The van der Waals surface area contributed by atoms with Gasteiger partial charge in [0.25, 0.3) is 0 Å². The largest absolute Gasteiger partial charge is 0.464 e. The van der Waals surface area contributed by atoms with Crippen LogP contribution in [0.25, 0.3) is 33.3 Å². The van der Waals surface area contributed by atoms with Crippen molar-refractivity contribution in [1.29, 1.82) is 0 Å². The Hall–Kier alpha value is -4.19. The summed E-state index contributed by atoms with van der Waals surface area (Å²) in [5, 5.41) is 11.9. The van der Waals surface area contributed by atoms with E-state index in [4.69, 9.17) is 17.7 Å². The zero-order chi connectivity index (χ0) is 31.6. The summed E-state index contributed by atoms with van der Waals surface area (Å²) in [5.74, 6) is -1.78. The van der Waals surface area contributed by atoms with Crippen LogP contribution >= 0.6 is 0 Å². The number of ether oxygens (including phenoxy) is 2. The van der Waals surface area contributed by atoms with Gasteiger partial charge >= 0.3 is 5.97 Å². The Labute approximate surface area is 225 Å². The molecule has 0 unspecified atom stereocenters. The summed E-state index contributed by atoms with van der Waals surface area (Å²) in [6.07, 6.45) is 3.84. The van der Waals surface area contributed by atoms with Crippen LogP contribution in [0.3, 0.4) is 0 Å². The van der Waals surface area contributed by atoms with Crippen molar-refractivity contribution in [2.45, 2.75) is 25.7 Å². The van der Waals surface area contributed by atoms with E-state index in [9.17, 15) is 4.79 Å². The first-order chi connectivity index (χ1) is 20.8. The number of hydrogen-bond donors (Lipinski definition) is 0. The maximum Gasteiger partial charge on any atom is 0.360 e. The first kappa shape index (κ1) is 18.1. The monoisotopic (exact) mass is 524 g/mol. The van der Waals surface area contributed by atoms with Crippen LogP contribution in [0.5, 0.6) is 0 Å². The number of aryl methyl sites for hydroxylation is 3. The molecule has 6 heterocycles. The van der Waals surface area contributed by atoms with Crippen molar-refractivity contribution in [3.8, 4) is 11.3 Å². The lowest BCUT2D eigenvalue weighted by molar-refractivity contribution is 0.0539. The van der Waals surface area contributed by atoms with Gasteiger partial charge in [-0.05, 0) is 43.8 Å². The van der Waals surface area contributed by atoms with Gasteiger partial charge in [0.15, 0.2) is 5.69 Å². The van der Waals surface area contributed by atoms with Crippen molar-refractivity contribution in [1.82, 2.24) is 39.3 Å². The van der Waals surface area contributed by atoms with E-state index < -0.39 is 31.7 Å². The second kappa shape index (κ2) is 9.28. The highest BCUT2D eigenvalue weighted by Gasteiger charge is 2.36. The van der Waals surface area contributed by atoms with Gasteiger partial charge in [-0.3, -0.25) is 14.6 Å². The molecule has 5 aromatic heterocycles. The van der Waals surface area contributed by atoms with Crippen molar-refractivity contribution in [3.63, 3.8) is 0 Å². The number of carbonyl (C=O) groups excluding carboxylic acids is 1. The Kier molecular flexibility index (Phi) is 4.43. The van der Waals surface area contributed by atoms with Gasteiger partial charge < -0.3 is 14.0 Å². The Morgan fingerprint density at radius 2 is 2.11 bits per heavy atom. The lowest BCUT2D eigenvalue weighted by atomic mass is 9.88. The lowest BCUT2D eigenvalue weighted by Gasteiger charge is -2.32. The number of pyridine rings is 2. The fraction of sp³-hybridized carbons (Fsp3) is 0.385. The molecule has 1 fully saturated rings. The zero-order valence-electron chi connectivity index (χ0n) is 26.6. The minimum atomic E-state index is -2.84.